The molecule has 0 unspecified atom stereocenters. The van der Waals surface area contributed by atoms with Gasteiger partial charge in [0, 0.05) is 0 Å². The number of rotatable bonds is 0. The fourth-order valence-electron chi connectivity index (χ4n) is 0. The summed E-state index contributed by atoms with van der Waals surface area (Å²) in [6.07, 6.45) is 0. The van der Waals surface area contributed by atoms with Crippen LogP contribution < -0.4 is 0 Å². The molecule has 0 aliphatic rings. The van der Waals surface area contributed by atoms with Crippen LogP contribution in [0.25, 0.3) is 0 Å². The Kier molecular flexibility index (Phi) is 6360. The van der Waals surface area contributed by atoms with E-state index < -0.39 is 0 Å². The summed E-state index contributed by atoms with van der Waals surface area (Å²) in [5.41, 5.74) is 0. The van der Waals surface area contributed by atoms with Gasteiger partial charge in [-0.25, -0.2) is 0 Å². The van der Waals surface area contributed by atoms with Crippen molar-refractivity contribution in [1.82, 2.24) is 0 Å². The van der Waals surface area contributed by atoms with Crippen LogP contribution in [0.1, 0.15) is 0 Å². The summed E-state index contributed by atoms with van der Waals surface area (Å²) in [5, 5.41) is 0. The van der Waals surface area contributed by atoms with Gasteiger partial charge in [-0.1, -0.05) is 0 Å². The van der Waals surface area contributed by atoms with Crippen LogP contribution in [-0.4, -0.2) is 52.4 Å². The molecule has 11 heteroatoms. The van der Waals surface area contributed by atoms with Crippen molar-refractivity contribution >= 4 is 52.4 Å². The van der Waals surface area contributed by atoms with E-state index in [2.05, 4.69) is 0 Å². The van der Waals surface area contributed by atoms with Gasteiger partial charge in [0.05, 0.1) is 0 Å². The molecule has 7 nitrogen and oxygen atoms in total. The van der Waals surface area contributed by atoms with Gasteiger partial charge in [0.1, 0.15) is 0 Å². The summed E-state index contributed by atoms with van der Waals surface area (Å²) < 4.78 is 0. The monoisotopic (exact) mass is 734 g/mol. The molecular formula is Bi2O7Ru2. The molecule has 0 aromatic carbocycles. The van der Waals surface area contributed by atoms with E-state index in [-0.39, 0.29) is 130 Å². The van der Waals surface area contributed by atoms with Crippen molar-refractivity contribution in [2.24, 2.45) is 0 Å². The molecule has 0 fully saturated rings. The Labute approximate surface area is 128 Å². The third-order valence-electron chi connectivity index (χ3n) is 0. The van der Waals surface area contributed by atoms with Crippen molar-refractivity contribution in [3.05, 3.63) is 0 Å². The third-order valence-corrected chi connectivity index (χ3v) is 0. The Morgan fingerprint density at radius 2 is 0.273 bits per heavy atom. The smallest absolute Gasteiger partial charge is 2.00 e. The first-order chi connectivity index (χ1) is 0. The maximum atomic E-state index is 0. The molecule has 68 valence electrons. The zero-order chi connectivity index (χ0) is 0. The van der Waals surface area contributed by atoms with Crippen molar-refractivity contribution < 1.29 is 77.3 Å². The second-order valence-corrected chi connectivity index (χ2v) is 0. The zero-order valence-corrected chi connectivity index (χ0v) is 14.9. The fourth-order valence-corrected chi connectivity index (χ4v) is 0. The van der Waals surface area contributed by atoms with Crippen LogP contribution in [0, 0.1) is 0 Å². The molecule has 4 radical (unpaired) electrons. The molecular weight excluding hydrogens is 732 g/mol. The van der Waals surface area contributed by atoms with Crippen molar-refractivity contribution in [3.63, 3.8) is 0 Å². The van der Waals surface area contributed by atoms with Crippen molar-refractivity contribution in [2.75, 3.05) is 0 Å². The molecule has 0 aliphatic heterocycles. The quantitative estimate of drug-likeness (QED) is 0.259. The molecule has 0 spiro atoms. The molecule has 0 aromatic rings. The molecule has 11 heavy (non-hydrogen) atoms. The minimum atomic E-state index is 0. The molecule has 0 heterocycles. The normalized spacial score (nSPS) is 0. The van der Waals surface area contributed by atoms with Crippen LogP contribution >= 0.6 is 0 Å². The van der Waals surface area contributed by atoms with E-state index in [1.807, 2.05) is 0 Å². The maximum absolute atomic E-state index is 0. The summed E-state index contributed by atoms with van der Waals surface area (Å²) in [7, 11) is 0. The van der Waals surface area contributed by atoms with E-state index in [9.17, 15) is 0 Å². The summed E-state index contributed by atoms with van der Waals surface area (Å²) >= 11 is 0. The van der Waals surface area contributed by atoms with Gasteiger partial charge in [-0.3, -0.25) is 0 Å². The summed E-state index contributed by atoms with van der Waals surface area (Å²) in [4.78, 5) is 0. The Balaban J connectivity index is 0. The molecule has 0 atom stereocenters. The topological polar surface area (TPSA) is 200 Å². The molecule has 0 bridgehead atoms. The van der Waals surface area contributed by atoms with Crippen molar-refractivity contribution in [2.45, 2.75) is 0 Å². The van der Waals surface area contributed by atoms with Gasteiger partial charge in [0.15, 0.2) is 0 Å². The first-order valence-corrected chi connectivity index (χ1v) is 0. The second kappa shape index (κ2) is 235. The first kappa shape index (κ1) is 298. The van der Waals surface area contributed by atoms with E-state index >= 15 is 0 Å². The minimum absolute atomic E-state index is 0. The van der Waals surface area contributed by atoms with Gasteiger partial charge in [0.2, 0.25) is 0 Å². The van der Waals surface area contributed by atoms with Crippen molar-refractivity contribution in [1.29, 1.82) is 0 Å². The Bertz CT molecular complexity index is 14.4. The minimum Gasteiger partial charge on any atom is -2.00 e. The largest absolute Gasteiger partial charge is 4.00 e. The first-order valence-electron chi connectivity index (χ1n) is 0. The van der Waals surface area contributed by atoms with E-state index in [1.54, 1.807) is 0 Å². The van der Waals surface area contributed by atoms with Crippen molar-refractivity contribution in [3.8, 4) is 0 Å². The standard InChI is InChI=1S/2Bi.7O.2Ru/q2*+3;7*-2;2*+4. The summed E-state index contributed by atoms with van der Waals surface area (Å²) in [6, 6.07) is 0. The summed E-state index contributed by atoms with van der Waals surface area (Å²) in [5.74, 6) is 0. The predicted molar refractivity (Wildman–Crippen MR) is 16.3 cm³/mol. The number of hydrogen-bond acceptors (Lipinski definition) is 0. The average Bonchev–Trinajstić information content (AvgIpc) is 0. The van der Waals surface area contributed by atoms with Crippen LogP contribution in [0.4, 0.5) is 0 Å². The van der Waals surface area contributed by atoms with E-state index in [4.69, 9.17) is 0 Å². The van der Waals surface area contributed by atoms with Crippen LogP contribution in [0.3, 0.4) is 0 Å². The molecule has 0 saturated heterocycles. The molecule has 0 N–H and O–H groups in total. The Morgan fingerprint density at radius 1 is 0.273 bits per heavy atom. The van der Waals surface area contributed by atoms with Gasteiger partial charge in [-0.05, 0) is 0 Å². The Morgan fingerprint density at radius 3 is 0.273 bits per heavy atom. The van der Waals surface area contributed by atoms with Gasteiger partial charge in [-0.2, -0.15) is 0 Å². The third kappa shape index (κ3) is 196. The summed E-state index contributed by atoms with van der Waals surface area (Å²) in [6.45, 7) is 0. The van der Waals surface area contributed by atoms with Gasteiger partial charge in [0.25, 0.3) is 0 Å². The van der Waals surface area contributed by atoms with Crippen LogP contribution in [-0.2, 0) is 77.3 Å². The van der Waals surface area contributed by atoms with Crippen LogP contribution in [0.15, 0.2) is 0 Å². The molecule has 0 aromatic heterocycles. The molecule has 0 aliphatic carbocycles. The van der Waals surface area contributed by atoms with E-state index in [0.29, 0.717) is 0 Å². The average molecular weight is 732 g/mol. The van der Waals surface area contributed by atoms with Gasteiger partial charge < -0.3 is 38.3 Å². The van der Waals surface area contributed by atoms with Gasteiger partial charge >= 0.3 is 91.4 Å². The second-order valence-electron chi connectivity index (χ2n) is 0. The molecule has 0 rings (SSSR count). The maximum Gasteiger partial charge on any atom is 4.00 e. The van der Waals surface area contributed by atoms with E-state index in [0.717, 1.165) is 0 Å². The predicted octanol–water partition coefficient (Wildman–Crippen LogP) is -1.60. The van der Waals surface area contributed by atoms with Crippen LogP contribution in [0.2, 0.25) is 0 Å². The molecule has 0 saturated carbocycles. The Hall–Kier alpha value is 2.73. The van der Waals surface area contributed by atoms with Gasteiger partial charge in [-0.15, -0.1) is 0 Å². The SMILES string of the molecule is [Bi+3].[Bi+3].[O-2].[O-2].[O-2].[O-2].[O-2].[O-2].[O-2].[Ru+4].[Ru+4]. The number of hydrogen-bond donors (Lipinski definition) is 0. The molecule has 0 amide bonds. The fraction of sp³-hybridized carbons (Fsp3) is 0. The van der Waals surface area contributed by atoms with E-state index in [1.165, 1.54) is 0 Å². The van der Waals surface area contributed by atoms with Crippen LogP contribution in [0.5, 0.6) is 0 Å². The zero-order valence-electron chi connectivity index (χ0n) is 4.46.